The molecule has 0 saturated heterocycles. The van der Waals surface area contributed by atoms with Crippen molar-refractivity contribution in [2.45, 2.75) is 30.5 Å². The minimum Gasteiger partial charge on any atom is -0.349 e. The minimum absolute atomic E-state index is 0.0982. The number of alkyl halides is 3. The van der Waals surface area contributed by atoms with Gasteiger partial charge in [0.2, 0.25) is 21.8 Å². The van der Waals surface area contributed by atoms with E-state index in [1.54, 1.807) is 26.2 Å². The van der Waals surface area contributed by atoms with E-state index in [2.05, 4.69) is 5.32 Å². The Balaban J connectivity index is 2.08. The van der Waals surface area contributed by atoms with E-state index in [4.69, 9.17) is 0 Å². The largest absolute Gasteiger partial charge is 0.417 e. The van der Waals surface area contributed by atoms with Gasteiger partial charge in [0.25, 0.3) is 0 Å². The normalized spacial score (nSPS) is 12.8. The Morgan fingerprint density at radius 1 is 1.03 bits per heavy atom. The average molecular weight is 457 g/mol. The summed E-state index contributed by atoms with van der Waals surface area (Å²) >= 11 is 0. The second-order valence-electron chi connectivity index (χ2n) is 6.99. The number of halogens is 3. The predicted octanol–water partition coefficient (Wildman–Crippen LogP) is 2.64. The molecule has 0 aliphatic heterocycles. The van der Waals surface area contributed by atoms with Gasteiger partial charge in [-0.2, -0.15) is 17.9 Å². The first-order valence-corrected chi connectivity index (χ1v) is 10.6. The van der Waals surface area contributed by atoms with Gasteiger partial charge in [-0.15, -0.1) is 0 Å². The van der Waals surface area contributed by atoms with Crippen molar-refractivity contribution in [3.05, 3.63) is 59.7 Å². The highest BCUT2D eigenvalue weighted by Crippen LogP contribution is 2.33. The van der Waals surface area contributed by atoms with Crippen LogP contribution in [-0.4, -0.2) is 45.3 Å². The topological polar surface area (TPSA) is 95.6 Å². The molecule has 2 N–H and O–H groups in total. The molecule has 0 aliphatic rings. The van der Waals surface area contributed by atoms with Crippen LogP contribution < -0.4 is 10.0 Å². The summed E-state index contributed by atoms with van der Waals surface area (Å²) < 4.78 is 66.2. The molecule has 0 saturated carbocycles. The molecule has 0 spiro atoms. The van der Waals surface area contributed by atoms with Gasteiger partial charge in [0.1, 0.15) is 0 Å². The quantitative estimate of drug-likeness (QED) is 0.668. The van der Waals surface area contributed by atoms with Crippen molar-refractivity contribution in [3.63, 3.8) is 0 Å². The molecule has 0 aliphatic carbocycles. The lowest BCUT2D eigenvalue weighted by atomic mass is 10.1. The maximum atomic E-state index is 13.1. The summed E-state index contributed by atoms with van der Waals surface area (Å²) in [6.45, 7) is 1.22. The number of hydrogen-bond donors (Lipinski definition) is 2. The third kappa shape index (κ3) is 6.53. The van der Waals surface area contributed by atoms with Crippen LogP contribution in [-0.2, 0) is 32.2 Å². The predicted molar refractivity (Wildman–Crippen MR) is 109 cm³/mol. The fourth-order valence-corrected chi connectivity index (χ4v) is 4.00. The third-order valence-electron chi connectivity index (χ3n) is 4.28. The first-order chi connectivity index (χ1) is 14.3. The van der Waals surface area contributed by atoms with Gasteiger partial charge in [-0.1, -0.05) is 24.3 Å². The van der Waals surface area contributed by atoms with Crippen molar-refractivity contribution in [2.24, 2.45) is 0 Å². The van der Waals surface area contributed by atoms with Crippen LogP contribution in [0.3, 0.4) is 0 Å². The van der Waals surface area contributed by atoms with E-state index in [0.717, 1.165) is 18.2 Å². The van der Waals surface area contributed by atoms with E-state index in [1.807, 2.05) is 4.72 Å². The number of anilines is 1. The molecule has 7 nitrogen and oxygen atoms in total. The first kappa shape index (κ1) is 24.4. The van der Waals surface area contributed by atoms with E-state index in [9.17, 15) is 31.2 Å². The van der Waals surface area contributed by atoms with Gasteiger partial charge in [-0.05, 0) is 36.8 Å². The Kier molecular flexibility index (Phi) is 7.45. The minimum atomic E-state index is -4.87. The van der Waals surface area contributed by atoms with Gasteiger partial charge in [-0.25, -0.2) is 8.42 Å². The summed E-state index contributed by atoms with van der Waals surface area (Å²) in [6, 6.07) is 8.71. The van der Waals surface area contributed by atoms with Crippen LogP contribution in [0.2, 0.25) is 0 Å². The second-order valence-corrected chi connectivity index (χ2v) is 8.67. The van der Waals surface area contributed by atoms with Gasteiger partial charge >= 0.3 is 6.18 Å². The lowest BCUT2D eigenvalue weighted by Gasteiger charge is -2.17. The molecule has 2 rings (SSSR count). The fourth-order valence-electron chi connectivity index (χ4n) is 2.57. The van der Waals surface area contributed by atoms with Crippen molar-refractivity contribution in [2.75, 3.05) is 19.4 Å². The zero-order valence-corrected chi connectivity index (χ0v) is 17.8. The van der Waals surface area contributed by atoms with Crippen molar-refractivity contribution < 1.29 is 31.2 Å². The number of benzene rings is 2. The van der Waals surface area contributed by atoms with Gasteiger partial charge in [0.05, 0.1) is 22.9 Å². The Labute approximate surface area is 178 Å². The molecule has 0 heterocycles. The van der Waals surface area contributed by atoms with Gasteiger partial charge < -0.3 is 10.2 Å². The van der Waals surface area contributed by atoms with Crippen LogP contribution in [0.4, 0.5) is 18.9 Å². The molecule has 11 heteroatoms. The first-order valence-electron chi connectivity index (χ1n) is 9.10. The summed E-state index contributed by atoms with van der Waals surface area (Å²) in [6.07, 6.45) is -4.69. The van der Waals surface area contributed by atoms with Gasteiger partial charge in [-0.3, -0.25) is 9.59 Å². The molecule has 2 aromatic rings. The molecule has 0 radical (unpaired) electrons. The van der Waals surface area contributed by atoms with Crippen LogP contribution in [0.15, 0.2) is 53.4 Å². The third-order valence-corrected chi connectivity index (χ3v) is 5.88. The molecule has 0 aromatic heterocycles. The number of nitrogens with one attached hydrogen (secondary N) is 2. The number of carbonyl (C=O) groups excluding carboxylic acids is 2. The molecule has 31 heavy (non-hydrogen) atoms. The summed E-state index contributed by atoms with van der Waals surface area (Å²) in [4.78, 5) is 24.5. The van der Waals surface area contributed by atoms with Crippen LogP contribution in [0, 0.1) is 0 Å². The monoisotopic (exact) mass is 457 g/mol. The molecule has 1 atom stereocenters. The Morgan fingerprint density at radius 3 is 2.16 bits per heavy atom. The standard InChI is InChI=1S/C20H22F3N3O4S/c1-13(25-31(29,30)17-7-5-4-6-16(17)20(21,22)23)19(28)24-15-10-8-14(9-11-15)12-18(27)26(2)3/h4-11,13,25H,12H2,1-3H3,(H,24,28)/t13-/m0/s1. The Hall–Kier alpha value is -2.92. The van der Waals surface area contributed by atoms with Crippen LogP contribution >= 0.6 is 0 Å². The number of likely N-dealkylation sites (N-methyl/N-ethyl adjacent to an activating group) is 1. The van der Waals surface area contributed by atoms with Crippen molar-refractivity contribution in [1.82, 2.24) is 9.62 Å². The van der Waals surface area contributed by atoms with Gasteiger partial charge in [0, 0.05) is 19.8 Å². The highest BCUT2D eigenvalue weighted by Gasteiger charge is 2.37. The molecule has 0 bridgehead atoms. The lowest BCUT2D eigenvalue weighted by molar-refractivity contribution is -0.139. The average Bonchev–Trinajstić information content (AvgIpc) is 2.68. The molecule has 0 fully saturated rings. The number of rotatable bonds is 7. The number of carbonyl (C=O) groups is 2. The summed E-state index contributed by atoms with van der Waals surface area (Å²) in [5, 5.41) is 2.48. The second kappa shape index (κ2) is 9.48. The number of nitrogens with zero attached hydrogens (tertiary/aromatic N) is 1. The molecule has 168 valence electrons. The maximum Gasteiger partial charge on any atom is 0.417 e. The molecular weight excluding hydrogens is 435 g/mol. The molecular formula is C20H22F3N3O4S. The van der Waals surface area contributed by atoms with E-state index in [-0.39, 0.29) is 12.3 Å². The van der Waals surface area contributed by atoms with Crippen molar-refractivity contribution in [3.8, 4) is 0 Å². The van der Waals surface area contributed by atoms with E-state index >= 15 is 0 Å². The molecule has 2 aromatic carbocycles. The van der Waals surface area contributed by atoms with Crippen LogP contribution in [0.1, 0.15) is 18.1 Å². The van der Waals surface area contributed by atoms with Crippen LogP contribution in [0.5, 0.6) is 0 Å². The highest BCUT2D eigenvalue weighted by atomic mass is 32.2. The van der Waals surface area contributed by atoms with Crippen molar-refractivity contribution >= 4 is 27.5 Å². The number of amides is 2. The van der Waals surface area contributed by atoms with Gasteiger partial charge in [0.15, 0.2) is 0 Å². The zero-order valence-electron chi connectivity index (χ0n) is 17.0. The number of sulfonamides is 1. The van der Waals surface area contributed by atoms with E-state index in [0.29, 0.717) is 17.3 Å². The fraction of sp³-hybridized carbons (Fsp3) is 0.300. The Bertz CT molecular complexity index is 1050. The smallest absolute Gasteiger partial charge is 0.349 e. The summed E-state index contributed by atoms with van der Waals surface area (Å²) in [7, 11) is -1.35. The van der Waals surface area contributed by atoms with E-state index in [1.165, 1.54) is 24.0 Å². The zero-order chi connectivity index (χ0) is 23.4. The number of hydrogen-bond acceptors (Lipinski definition) is 4. The van der Waals surface area contributed by atoms with E-state index < -0.39 is 38.6 Å². The molecule has 2 amide bonds. The maximum absolute atomic E-state index is 13.1. The summed E-state index contributed by atoms with van der Waals surface area (Å²) in [5.41, 5.74) is -0.264. The lowest BCUT2D eigenvalue weighted by Crippen LogP contribution is -2.42. The van der Waals surface area contributed by atoms with Crippen LogP contribution in [0.25, 0.3) is 0 Å². The summed E-state index contributed by atoms with van der Waals surface area (Å²) in [5.74, 6) is -0.857. The van der Waals surface area contributed by atoms with Crippen molar-refractivity contribution in [1.29, 1.82) is 0 Å². The SMILES string of the molecule is C[C@H](NS(=O)(=O)c1ccccc1C(F)(F)F)C(=O)Nc1ccc(CC(=O)N(C)C)cc1. The Morgan fingerprint density at radius 2 is 1.61 bits per heavy atom. The highest BCUT2D eigenvalue weighted by molar-refractivity contribution is 7.89. The molecule has 0 unspecified atom stereocenters.